The number of halogens is 3. The molecular formula is C24H26F3N3O2. The van der Waals surface area contributed by atoms with E-state index in [1.165, 1.54) is 12.1 Å². The van der Waals surface area contributed by atoms with Gasteiger partial charge in [0.2, 0.25) is 5.91 Å². The van der Waals surface area contributed by atoms with Crippen LogP contribution >= 0.6 is 0 Å². The first-order chi connectivity index (χ1) is 15.3. The highest BCUT2D eigenvalue weighted by atomic mass is 19.4. The number of nitrogens with one attached hydrogen (secondary N) is 1. The van der Waals surface area contributed by atoms with Crippen LogP contribution in [0.4, 0.5) is 24.5 Å². The molecule has 2 heterocycles. The fraction of sp³-hybridized carbons (Fsp3) is 0.375. The van der Waals surface area contributed by atoms with Gasteiger partial charge >= 0.3 is 6.18 Å². The molecule has 2 aromatic rings. The molecule has 2 aliphatic heterocycles. The maximum Gasteiger partial charge on any atom is 0.416 e. The molecule has 32 heavy (non-hydrogen) atoms. The van der Waals surface area contributed by atoms with Gasteiger partial charge in [-0.15, -0.1) is 0 Å². The number of rotatable bonds is 5. The number of aliphatic hydroxyl groups excluding tert-OH is 1. The number of amides is 1. The Morgan fingerprint density at radius 3 is 2.41 bits per heavy atom. The van der Waals surface area contributed by atoms with Crippen LogP contribution in [-0.4, -0.2) is 54.7 Å². The standard InChI is InChI=1S/C24H26F3N3O2/c25-24(26,27)19-4-7-20(8-5-19)29-11-13-30(14-12-29)21(16-31)6-1-17-2-9-22-18(15-17)3-10-23(32)28-22/h1-2,4-9,15,21,31H,3,10-14,16H2,(H,28,32)/t21-/m0/s1. The number of aliphatic hydroxyl groups is 1. The lowest BCUT2D eigenvalue weighted by Crippen LogP contribution is -2.50. The molecule has 2 aliphatic rings. The number of hydrogen-bond acceptors (Lipinski definition) is 4. The fourth-order valence-corrected chi connectivity index (χ4v) is 4.20. The monoisotopic (exact) mass is 445 g/mol. The first-order valence-corrected chi connectivity index (χ1v) is 10.7. The molecule has 8 heteroatoms. The van der Waals surface area contributed by atoms with Gasteiger partial charge in [0.05, 0.1) is 18.2 Å². The van der Waals surface area contributed by atoms with Gasteiger partial charge in [0.1, 0.15) is 0 Å². The Morgan fingerprint density at radius 1 is 1.03 bits per heavy atom. The van der Waals surface area contributed by atoms with Crippen molar-refractivity contribution in [2.45, 2.75) is 25.1 Å². The van der Waals surface area contributed by atoms with Crippen LogP contribution in [0.1, 0.15) is 23.1 Å². The molecule has 2 N–H and O–H groups in total. The van der Waals surface area contributed by atoms with Gasteiger partial charge in [-0.25, -0.2) is 0 Å². The van der Waals surface area contributed by atoms with Crippen LogP contribution in [0.25, 0.3) is 6.08 Å². The summed E-state index contributed by atoms with van der Waals surface area (Å²) in [6, 6.07) is 11.0. The number of aryl methyl sites for hydroxylation is 1. The lowest BCUT2D eigenvalue weighted by molar-refractivity contribution is -0.137. The van der Waals surface area contributed by atoms with E-state index < -0.39 is 11.7 Å². The van der Waals surface area contributed by atoms with Crippen LogP contribution in [0.5, 0.6) is 0 Å². The zero-order valence-electron chi connectivity index (χ0n) is 17.6. The van der Waals surface area contributed by atoms with Gasteiger partial charge < -0.3 is 15.3 Å². The van der Waals surface area contributed by atoms with E-state index >= 15 is 0 Å². The SMILES string of the molecule is O=C1CCc2cc(C=C[C@@H](CO)N3CCN(c4ccc(C(F)(F)F)cc4)CC3)ccc2N1. The zero-order chi connectivity index (χ0) is 22.7. The summed E-state index contributed by atoms with van der Waals surface area (Å²) in [6.45, 7) is 2.74. The third kappa shape index (κ3) is 5.14. The van der Waals surface area contributed by atoms with Gasteiger partial charge in [0.15, 0.2) is 0 Å². The van der Waals surface area contributed by atoms with E-state index in [-0.39, 0.29) is 18.6 Å². The molecular weight excluding hydrogens is 419 g/mol. The van der Waals surface area contributed by atoms with Crippen LogP contribution in [0.3, 0.4) is 0 Å². The Labute approximate surface area is 185 Å². The molecule has 2 aromatic carbocycles. The third-order valence-electron chi connectivity index (χ3n) is 6.07. The summed E-state index contributed by atoms with van der Waals surface area (Å²) in [4.78, 5) is 15.7. The average Bonchev–Trinajstić information content (AvgIpc) is 2.79. The van der Waals surface area contributed by atoms with Gasteiger partial charge in [0.25, 0.3) is 0 Å². The Bertz CT molecular complexity index is 981. The second-order valence-corrected chi connectivity index (χ2v) is 8.14. The highest BCUT2D eigenvalue weighted by Crippen LogP contribution is 2.31. The highest BCUT2D eigenvalue weighted by molar-refractivity contribution is 5.94. The van der Waals surface area contributed by atoms with Crippen LogP contribution in [0.15, 0.2) is 48.5 Å². The van der Waals surface area contributed by atoms with E-state index in [2.05, 4.69) is 21.2 Å². The van der Waals surface area contributed by atoms with Crippen molar-refractivity contribution in [1.29, 1.82) is 0 Å². The molecule has 1 atom stereocenters. The Morgan fingerprint density at radius 2 is 1.75 bits per heavy atom. The molecule has 0 radical (unpaired) electrons. The number of carbonyl (C=O) groups excluding carboxylic acids is 1. The number of alkyl halides is 3. The minimum Gasteiger partial charge on any atom is -0.394 e. The van der Waals surface area contributed by atoms with Gasteiger partial charge in [0, 0.05) is 44.0 Å². The second kappa shape index (κ2) is 9.34. The van der Waals surface area contributed by atoms with Crippen molar-refractivity contribution in [3.05, 3.63) is 65.2 Å². The van der Waals surface area contributed by atoms with Gasteiger partial charge in [-0.3, -0.25) is 9.69 Å². The number of fused-ring (bicyclic) bond motifs is 1. The summed E-state index contributed by atoms with van der Waals surface area (Å²) in [7, 11) is 0. The predicted octanol–water partition coefficient (Wildman–Crippen LogP) is 3.79. The molecule has 0 aromatic heterocycles. The smallest absolute Gasteiger partial charge is 0.394 e. The molecule has 5 nitrogen and oxygen atoms in total. The average molecular weight is 445 g/mol. The molecule has 0 saturated carbocycles. The van der Waals surface area contributed by atoms with Crippen molar-refractivity contribution in [2.24, 2.45) is 0 Å². The van der Waals surface area contributed by atoms with E-state index in [1.807, 2.05) is 24.3 Å². The molecule has 4 rings (SSSR count). The van der Waals surface area contributed by atoms with Crippen LogP contribution in [0, 0.1) is 0 Å². The number of anilines is 2. The van der Waals surface area contributed by atoms with Gasteiger partial charge in [-0.2, -0.15) is 13.2 Å². The molecule has 0 aliphatic carbocycles. The van der Waals surface area contributed by atoms with E-state index in [1.54, 1.807) is 0 Å². The summed E-state index contributed by atoms with van der Waals surface area (Å²) in [6.07, 6.45) is 0.849. The number of piperazine rings is 1. The molecule has 1 saturated heterocycles. The normalized spacial score (nSPS) is 18.5. The molecule has 1 amide bonds. The topological polar surface area (TPSA) is 55.8 Å². The summed E-state index contributed by atoms with van der Waals surface area (Å²) in [5.74, 6) is 0.0385. The third-order valence-corrected chi connectivity index (χ3v) is 6.07. The molecule has 0 bridgehead atoms. The Kier molecular flexibility index (Phi) is 6.53. The van der Waals surface area contributed by atoms with E-state index in [4.69, 9.17) is 0 Å². The Balaban J connectivity index is 1.35. The number of hydrogen-bond donors (Lipinski definition) is 2. The summed E-state index contributed by atoms with van der Waals surface area (Å²) < 4.78 is 38.3. The van der Waals surface area contributed by atoms with E-state index in [0.717, 1.165) is 41.1 Å². The van der Waals surface area contributed by atoms with Crippen LogP contribution < -0.4 is 10.2 Å². The zero-order valence-corrected chi connectivity index (χ0v) is 17.6. The fourth-order valence-electron chi connectivity index (χ4n) is 4.20. The minimum absolute atomic E-state index is 0.0161. The second-order valence-electron chi connectivity index (χ2n) is 8.14. The van der Waals surface area contributed by atoms with Crippen molar-refractivity contribution in [3.63, 3.8) is 0 Å². The number of carbonyl (C=O) groups is 1. The first-order valence-electron chi connectivity index (χ1n) is 10.7. The summed E-state index contributed by atoms with van der Waals surface area (Å²) in [5.41, 5.74) is 3.11. The van der Waals surface area contributed by atoms with Crippen molar-refractivity contribution in [2.75, 3.05) is 43.0 Å². The quantitative estimate of drug-likeness (QED) is 0.736. The minimum atomic E-state index is -4.33. The van der Waals surface area contributed by atoms with Gasteiger partial charge in [-0.1, -0.05) is 18.2 Å². The Hall–Kier alpha value is -2.84. The van der Waals surface area contributed by atoms with Crippen molar-refractivity contribution >= 4 is 23.4 Å². The lowest BCUT2D eigenvalue weighted by atomic mass is 10.00. The number of benzene rings is 2. The summed E-state index contributed by atoms with van der Waals surface area (Å²) >= 11 is 0. The first kappa shape index (κ1) is 22.4. The highest BCUT2D eigenvalue weighted by Gasteiger charge is 2.30. The maximum absolute atomic E-state index is 12.8. The molecule has 1 fully saturated rings. The van der Waals surface area contributed by atoms with E-state index in [0.29, 0.717) is 32.6 Å². The predicted molar refractivity (Wildman–Crippen MR) is 119 cm³/mol. The molecule has 0 spiro atoms. The van der Waals surface area contributed by atoms with Crippen molar-refractivity contribution < 1.29 is 23.1 Å². The maximum atomic E-state index is 12.8. The number of nitrogens with zero attached hydrogens (tertiary/aromatic N) is 2. The van der Waals surface area contributed by atoms with Gasteiger partial charge in [-0.05, 0) is 53.9 Å². The lowest BCUT2D eigenvalue weighted by Gasteiger charge is -2.39. The van der Waals surface area contributed by atoms with Crippen molar-refractivity contribution in [3.8, 4) is 0 Å². The summed E-state index contributed by atoms with van der Waals surface area (Å²) in [5, 5.41) is 12.8. The van der Waals surface area contributed by atoms with Crippen LogP contribution in [0.2, 0.25) is 0 Å². The largest absolute Gasteiger partial charge is 0.416 e. The van der Waals surface area contributed by atoms with E-state index in [9.17, 15) is 23.1 Å². The molecule has 0 unspecified atom stereocenters. The van der Waals surface area contributed by atoms with Crippen molar-refractivity contribution in [1.82, 2.24) is 4.90 Å². The van der Waals surface area contributed by atoms with Crippen LogP contribution in [-0.2, 0) is 17.4 Å². The molecule has 170 valence electrons.